The van der Waals surface area contributed by atoms with Crippen molar-refractivity contribution in [2.45, 2.75) is 30.6 Å². The van der Waals surface area contributed by atoms with Gasteiger partial charge >= 0.3 is 12.3 Å². The van der Waals surface area contributed by atoms with Crippen LogP contribution in [0, 0.1) is 5.82 Å². The zero-order valence-electron chi connectivity index (χ0n) is 19.7. The van der Waals surface area contributed by atoms with Crippen molar-refractivity contribution in [2.24, 2.45) is 0 Å². The van der Waals surface area contributed by atoms with Crippen LogP contribution in [0.3, 0.4) is 0 Å². The minimum absolute atomic E-state index is 0.0713. The molecule has 2 unspecified atom stereocenters. The van der Waals surface area contributed by atoms with Crippen LogP contribution in [0.1, 0.15) is 34.6 Å². The van der Waals surface area contributed by atoms with Crippen molar-refractivity contribution in [3.05, 3.63) is 101 Å². The number of hydrogen-bond acceptors (Lipinski definition) is 3. The number of amides is 1. The maximum absolute atomic E-state index is 13.6. The van der Waals surface area contributed by atoms with Crippen LogP contribution in [-0.2, 0) is 15.7 Å². The van der Waals surface area contributed by atoms with Crippen LogP contribution in [0.5, 0.6) is 0 Å². The Bertz CT molecular complexity index is 1350. The molecule has 1 fully saturated rings. The summed E-state index contributed by atoms with van der Waals surface area (Å²) in [5, 5.41) is 0. The Balaban J connectivity index is 1.24. The van der Waals surface area contributed by atoms with Gasteiger partial charge in [0.25, 0.3) is 0 Å². The largest absolute Gasteiger partial charge is 0.448 e. The van der Waals surface area contributed by atoms with Crippen LogP contribution in [0.15, 0.2) is 72.8 Å². The Morgan fingerprint density at radius 2 is 1.62 bits per heavy atom. The van der Waals surface area contributed by atoms with E-state index in [4.69, 9.17) is 9.47 Å². The van der Waals surface area contributed by atoms with Crippen LogP contribution in [0.25, 0.3) is 16.7 Å². The summed E-state index contributed by atoms with van der Waals surface area (Å²) >= 11 is 0. The summed E-state index contributed by atoms with van der Waals surface area (Å²) in [5.41, 5.74) is 3.76. The molecule has 190 valence electrons. The van der Waals surface area contributed by atoms with Crippen LogP contribution in [-0.4, -0.2) is 42.9 Å². The Hall–Kier alpha value is -3.65. The number of carbonyl (C=O) groups excluding carboxylic acids is 1. The zero-order valence-corrected chi connectivity index (χ0v) is 19.7. The molecule has 37 heavy (non-hydrogen) atoms. The SMILES string of the molecule is O=C(OCC1c2ccccc2-c2ccccc21)N1C2C=C(c3ccc(F)cc3C(F)(F)F)CC1COC2. The van der Waals surface area contributed by atoms with Crippen LogP contribution < -0.4 is 0 Å². The van der Waals surface area contributed by atoms with Gasteiger partial charge in [-0.25, -0.2) is 9.18 Å². The number of morpholine rings is 1. The maximum atomic E-state index is 13.6. The van der Waals surface area contributed by atoms with E-state index in [1.165, 1.54) is 0 Å². The highest BCUT2D eigenvalue weighted by molar-refractivity contribution is 5.79. The number of ether oxygens (including phenoxy) is 2. The average Bonchev–Trinajstić information content (AvgIpc) is 3.19. The molecule has 2 bridgehead atoms. The molecule has 8 heteroatoms. The Morgan fingerprint density at radius 3 is 2.27 bits per heavy atom. The van der Waals surface area contributed by atoms with E-state index < -0.39 is 35.7 Å². The van der Waals surface area contributed by atoms with Crippen molar-refractivity contribution < 1.29 is 31.8 Å². The molecule has 3 aliphatic rings. The number of rotatable bonds is 3. The number of nitrogens with zero attached hydrogens (tertiary/aromatic N) is 1. The summed E-state index contributed by atoms with van der Waals surface area (Å²) in [5.74, 6) is -1.05. The van der Waals surface area contributed by atoms with Gasteiger partial charge in [-0.2, -0.15) is 13.2 Å². The fourth-order valence-electron chi connectivity index (χ4n) is 5.78. The molecule has 1 saturated heterocycles. The first-order valence-electron chi connectivity index (χ1n) is 12.1. The van der Waals surface area contributed by atoms with Gasteiger partial charge in [-0.15, -0.1) is 0 Å². The van der Waals surface area contributed by atoms with Crippen LogP contribution in [0.4, 0.5) is 22.4 Å². The molecule has 4 nitrogen and oxygen atoms in total. The number of halogens is 4. The molecule has 3 aromatic rings. The lowest BCUT2D eigenvalue weighted by Gasteiger charge is -2.44. The zero-order chi connectivity index (χ0) is 25.7. The molecular formula is C29H23F4NO3. The first kappa shape index (κ1) is 23.7. The van der Waals surface area contributed by atoms with E-state index in [1.54, 1.807) is 11.0 Å². The van der Waals surface area contributed by atoms with Crippen molar-refractivity contribution >= 4 is 11.7 Å². The highest BCUT2D eigenvalue weighted by atomic mass is 19.4. The molecule has 2 atom stereocenters. The van der Waals surface area contributed by atoms with Crippen LogP contribution >= 0.6 is 0 Å². The van der Waals surface area contributed by atoms with E-state index in [2.05, 4.69) is 12.1 Å². The van der Waals surface area contributed by atoms with Crippen LogP contribution in [0.2, 0.25) is 0 Å². The third kappa shape index (κ3) is 4.19. The summed E-state index contributed by atoms with van der Waals surface area (Å²) < 4.78 is 66.0. The molecule has 2 aliphatic heterocycles. The minimum Gasteiger partial charge on any atom is -0.448 e. The lowest BCUT2D eigenvalue weighted by atomic mass is 9.87. The quantitative estimate of drug-likeness (QED) is 0.371. The second-order valence-electron chi connectivity index (χ2n) is 9.55. The third-order valence-corrected chi connectivity index (χ3v) is 7.38. The molecule has 6 rings (SSSR count). The smallest absolute Gasteiger partial charge is 0.417 e. The Morgan fingerprint density at radius 1 is 0.946 bits per heavy atom. The van der Waals surface area contributed by atoms with Gasteiger partial charge in [-0.1, -0.05) is 60.7 Å². The standard InChI is InChI=1S/C29H23F4NO3/c30-18-9-10-21(27(13-18)29(31,32)33)17-11-19-14-36-15-20(12-17)34(19)28(35)37-16-26-24-7-3-1-5-22(24)23-6-2-4-8-25(23)26/h1-11,13,19-20,26H,12,14-16H2. The fourth-order valence-corrected chi connectivity index (χ4v) is 5.78. The molecule has 2 heterocycles. The monoisotopic (exact) mass is 509 g/mol. The predicted octanol–water partition coefficient (Wildman–Crippen LogP) is 6.65. The number of hydrogen-bond donors (Lipinski definition) is 0. The topological polar surface area (TPSA) is 38.8 Å². The van der Waals surface area contributed by atoms with E-state index in [0.717, 1.165) is 34.4 Å². The summed E-state index contributed by atoms with van der Waals surface area (Å²) in [6.07, 6.45) is -3.46. The van der Waals surface area contributed by atoms with Crippen molar-refractivity contribution in [1.82, 2.24) is 4.90 Å². The first-order valence-corrected chi connectivity index (χ1v) is 12.1. The van der Waals surface area contributed by atoms with E-state index in [0.29, 0.717) is 11.6 Å². The average molecular weight is 509 g/mol. The maximum Gasteiger partial charge on any atom is 0.417 e. The summed E-state index contributed by atoms with van der Waals surface area (Å²) in [6.45, 7) is 0.476. The first-order chi connectivity index (χ1) is 17.8. The lowest BCUT2D eigenvalue weighted by Crippen LogP contribution is -2.56. The van der Waals surface area contributed by atoms with E-state index in [-0.39, 0.29) is 37.7 Å². The second kappa shape index (κ2) is 9.03. The van der Waals surface area contributed by atoms with Crippen molar-refractivity contribution in [1.29, 1.82) is 0 Å². The van der Waals surface area contributed by atoms with Gasteiger partial charge in [-0.3, -0.25) is 4.90 Å². The van der Waals surface area contributed by atoms with Gasteiger partial charge in [0.2, 0.25) is 0 Å². The van der Waals surface area contributed by atoms with E-state index >= 15 is 0 Å². The number of fused-ring (bicyclic) bond motifs is 5. The van der Waals surface area contributed by atoms with Gasteiger partial charge in [0.1, 0.15) is 12.4 Å². The molecule has 0 radical (unpaired) electrons. The molecule has 0 spiro atoms. The molecule has 0 saturated carbocycles. The van der Waals surface area contributed by atoms with E-state index in [1.807, 2.05) is 36.4 Å². The minimum atomic E-state index is -4.70. The number of alkyl halides is 3. The van der Waals surface area contributed by atoms with Gasteiger partial charge in [0.05, 0.1) is 30.9 Å². The Labute approximate surface area is 211 Å². The van der Waals surface area contributed by atoms with Gasteiger partial charge in [0, 0.05) is 5.92 Å². The van der Waals surface area contributed by atoms with Crippen molar-refractivity contribution in [3.8, 4) is 11.1 Å². The van der Waals surface area contributed by atoms with Crippen molar-refractivity contribution in [2.75, 3.05) is 19.8 Å². The Kier molecular flexibility index (Phi) is 5.79. The second-order valence-corrected chi connectivity index (χ2v) is 9.55. The number of benzene rings is 3. The molecule has 1 aliphatic carbocycles. The predicted molar refractivity (Wildman–Crippen MR) is 129 cm³/mol. The molecule has 3 aromatic carbocycles. The molecule has 0 aromatic heterocycles. The highest BCUT2D eigenvalue weighted by Gasteiger charge is 2.42. The third-order valence-electron chi connectivity index (χ3n) is 7.38. The fraction of sp³-hybridized carbons (Fsp3) is 0.276. The van der Waals surface area contributed by atoms with Gasteiger partial charge < -0.3 is 9.47 Å². The van der Waals surface area contributed by atoms with Crippen molar-refractivity contribution in [3.63, 3.8) is 0 Å². The molecule has 1 amide bonds. The molecular weight excluding hydrogens is 486 g/mol. The number of carbonyl (C=O) groups is 1. The summed E-state index contributed by atoms with van der Waals surface area (Å²) in [7, 11) is 0. The summed E-state index contributed by atoms with van der Waals surface area (Å²) in [4.78, 5) is 14.9. The highest BCUT2D eigenvalue weighted by Crippen LogP contribution is 2.45. The molecule has 0 N–H and O–H groups in total. The van der Waals surface area contributed by atoms with E-state index in [9.17, 15) is 22.4 Å². The lowest BCUT2D eigenvalue weighted by molar-refractivity contribution is -0.138. The normalized spacial score (nSPS) is 20.8. The van der Waals surface area contributed by atoms with Gasteiger partial charge in [0.15, 0.2) is 0 Å². The summed E-state index contributed by atoms with van der Waals surface area (Å²) in [6, 6.07) is 17.7. The van der Waals surface area contributed by atoms with Gasteiger partial charge in [-0.05, 0) is 51.9 Å².